The van der Waals surface area contributed by atoms with Crippen LogP contribution in [0, 0.1) is 5.41 Å². The molecule has 0 radical (unpaired) electrons. The van der Waals surface area contributed by atoms with Crippen molar-refractivity contribution >= 4 is 5.97 Å². The average Bonchev–Trinajstić information content (AvgIpc) is 2.22. The quantitative estimate of drug-likeness (QED) is 0.907. The van der Waals surface area contributed by atoms with Gasteiger partial charge >= 0.3 is 12.1 Å². The molecule has 0 spiro atoms. The summed E-state index contributed by atoms with van der Waals surface area (Å²) in [5.41, 5.74) is -1.16. The highest BCUT2D eigenvalue weighted by molar-refractivity contribution is 5.76. The molecule has 0 aromatic heterocycles. The number of benzene rings is 1. The Balaban J connectivity index is 2.14. The molecular formula is C12H11F3O3. The van der Waals surface area contributed by atoms with Crippen molar-refractivity contribution in [2.75, 3.05) is 13.2 Å². The van der Waals surface area contributed by atoms with Crippen LogP contribution in [0.3, 0.4) is 0 Å². The minimum atomic E-state index is -4.37. The molecule has 1 fully saturated rings. The molecule has 0 unspecified atom stereocenters. The maximum Gasteiger partial charge on any atom is 0.416 e. The Kier molecular flexibility index (Phi) is 3.06. The molecule has 1 heterocycles. The molecule has 2 rings (SSSR count). The number of rotatable bonds is 3. The van der Waals surface area contributed by atoms with E-state index in [4.69, 9.17) is 9.84 Å². The van der Waals surface area contributed by atoms with E-state index in [9.17, 15) is 18.0 Å². The van der Waals surface area contributed by atoms with E-state index in [-0.39, 0.29) is 19.6 Å². The van der Waals surface area contributed by atoms with Crippen LogP contribution in [-0.4, -0.2) is 24.3 Å². The fourth-order valence-electron chi connectivity index (χ4n) is 1.85. The number of carboxylic acids is 1. The Hall–Kier alpha value is -1.56. The first kappa shape index (κ1) is 12.9. The van der Waals surface area contributed by atoms with Crippen LogP contribution in [0.15, 0.2) is 24.3 Å². The second kappa shape index (κ2) is 4.28. The van der Waals surface area contributed by atoms with Gasteiger partial charge in [0.2, 0.25) is 0 Å². The van der Waals surface area contributed by atoms with Crippen LogP contribution in [0.1, 0.15) is 11.1 Å². The third-order valence-electron chi connectivity index (χ3n) is 3.03. The number of carbonyl (C=O) groups is 1. The topological polar surface area (TPSA) is 46.5 Å². The maximum absolute atomic E-state index is 12.3. The van der Waals surface area contributed by atoms with Gasteiger partial charge in [-0.2, -0.15) is 13.2 Å². The van der Waals surface area contributed by atoms with Crippen LogP contribution < -0.4 is 0 Å². The van der Waals surface area contributed by atoms with Crippen molar-refractivity contribution in [3.63, 3.8) is 0 Å². The van der Waals surface area contributed by atoms with Crippen LogP contribution in [0.4, 0.5) is 13.2 Å². The molecule has 3 nitrogen and oxygen atoms in total. The van der Waals surface area contributed by atoms with Crippen LogP contribution in [-0.2, 0) is 22.1 Å². The molecule has 1 saturated heterocycles. The Morgan fingerprint density at radius 2 is 1.83 bits per heavy atom. The van der Waals surface area contributed by atoms with Crippen molar-refractivity contribution in [1.82, 2.24) is 0 Å². The van der Waals surface area contributed by atoms with E-state index in [0.29, 0.717) is 5.56 Å². The minimum absolute atomic E-state index is 0.101. The average molecular weight is 260 g/mol. The third kappa shape index (κ3) is 2.33. The van der Waals surface area contributed by atoms with Crippen LogP contribution in [0.5, 0.6) is 0 Å². The lowest BCUT2D eigenvalue weighted by Crippen LogP contribution is -2.50. The van der Waals surface area contributed by atoms with Gasteiger partial charge in [-0.3, -0.25) is 4.79 Å². The molecule has 0 amide bonds. The van der Waals surface area contributed by atoms with Gasteiger partial charge in [-0.25, -0.2) is 0 Å². The van der Waals surface area contributed by atoms with Crippen LogP contribution >= 0.6 is 0 Å². The van der Waals surface area contributed by atoms with E-state index in [1.54, 1.807) is 0 Å². The lowest BCUT2D eigenvalue weighted by molar-refractivity contribution is -0.179. The molecular weight excluding hydrogens is 249 g/mol. The summed E-state index contributed by atoms with van der Waals surface area (Å²) in [4.78, 5) is 11.1. The molecule has 6 heteroatoms. The van der Waals surface area contributed by atoms with E-state index in [1.807, 2.05) is 0 Å². The zero-order valence-corrected chi connectivity index (χ0v) is 9.33. The Morgan fingerprint density at radius 1 is 1.28 bits per heavy atom. The summed E-state index contributed by atoms with van der Waals surface area (Å²) in [7, 11) is 0. The Labute approximate surface area is 101 Å². The summed E-state index contributed by atoms with van der Waals surface area (Å²) in [5.74, 6) is -0.978. The fraction of sp³-hybridized carbons (Fsp3) is 0.417. The summed E-state index contributed by atoms with van der Waals surface area (Å²) in [6.07, 6.45) is -4.19. The molecule has 1 aliphatic heterocycles. The van der Waals surface area contributed by atoms with Crippen molar-refractivity contribution in [1.29, 1.82) is 0 Å². The first-order chi connectivity index (χ1) is 8.33. The first-order valence-corrected chi connectivity index (χ1v) is 5.31. The zero-order chi connectivity index (χ0) is 13.4. The molecule has 1 aromatic carbocycles. The lowest BCUT2D eigenvalue weighted by atomic mass is 9.80. The number of aliphatic carboxylic acids is 1. The van der Waals surface area contributed by atoms with Gasteiger partial charge in [-0.15, -0.1) is 0 Å². The molecule has 0 bridgehead atoms. The summed E-state index contributed by atoms with van der Waals surface area (Å²) < 4.78 is 41.9. The highest BCUT2D eigenvalue weighted by atomic mass is 19.4. The predicted molar refractivity (Wildman–Crippen MR) is 56.0 cm³/mol. The molecule has 1 N–H and O–H groups in total. The summed E-state index contributed by atoms with van der Waals surface area (Å²) in [6, 6.07) is 4.55. The van der Waals surface area contributed by atoms with Crippen molar-refractivity contribution in [3.8, 4) is 0 Å². The number of ether oxygens (including phenoxy) is 1. The zero-order valence-electron chi connectivity index (χ0n) is 9.33. The molecule has 1 aromatic rings. The minimum Gasteiger partial charge on any atom is -0.481 e. The van der Waals surface area contributed by atoms with Crippen molar-refractivity contribution in [2.45, 2.75) is 12.6 Å². The van der Waals surface area contributed by atoms with Gasteiger partial charge in [0.25, 0.3) is 0 Å². The molecule has 18 heavy (non-hydrogen) atoms. The summed E-state index contributed by atoms with van der Waals surface area (Å²) in [5, 5.41) is 9.07. The smallest absolute Gasteiger partial charge is 0.416 e. The molecule has 0 saturated carbocycles. The molecule has 1 aliphatic rings. The predicted octanol–water partition coefficient (Wildman–Crippen LogP) is 2.35. The molecule has 98 valence electrons. The van der Waals surface area contributed by atoms with Gasteiger partial charge in [0.1, 0.15) is 5.41 Å². The van der Waals surface area contributed by atoms with Gasteiger partial charge in [0, 0.05) is 0 Å². The second-order valence-electron chi connectivity index (χ2n) is 4.45. The number of hydrogen-bond donors (Lipinski definition) is 1. The summed E-state index contributed by atoms with van der Waals surface area (Å²) in [6.45, 7) is 0.201. The van der Waals surface area contributed by atoms with E-state index in [2.05, 4.69) is 0 Å². The monoisotopic (exact) mass is 260 g/mol. The number of hydrogen-bond acceptors (Lipinski definition) is 2. The fourth-order valence-corrected chi connectivity index (χ4v) is 1.85. The van der Waals surface area contributed by atoms with Gasteiger partial charge in [-0.05, 0) is 24.1 Å². The highest BCUT2D eigenvalue weighted by Gasteiger charge is 2.46. The SMILES string of the molecule is O=C(O)C1(Cc2ccc(C(F)(F)F)cc2)COC1. The van der Waals surface area contributed by atoms with Crippen molar-refractivity contribution < 1.29 is 27.8 Å². The van der Waals surface area contributed by atoms with E-state index in [1.165, 1.54) is 12.1 Å². The lowest BCUT2D eigenvalue weighted by Gasteiger charge is -2.37. The van der Waals surface area contributed by atoms with E-state index in [0.717, 1.165) is 12.1 Å². The van der Waals surface area contributed by atoms with Gasteiger partial charge in [0.05, 0.1) is 18.8 Å². The van der Waals surface area contributed by atoms with Crippen molar-refractivity contribution in [3.05, 3.63) is 35.4 Å². The van der Waals surface area contributed by atoms with Crippen LogP contribution in [0.25, 0.3) is 0 Å². The van der Waals surface area contributed by atoms with Gasteiger partial charge < -0.3 is 9.84 Å². The second-order valence-corrected chi connectivity index (χ2v) is 4.45. The summed E-state index contributed by atoms with van der Waals surface area (Å²) >= 11 is 0. The first-order valence-electron chi connectivity index (χ1n) is 5.31. The maximum atomic E-state index is 12.3. The molecule has 0 aliphatic carbocycles. The number of carboxylic acid groups (broad SMARTS) is 1. The standard InChI is InChI=1S/C12H11F3O3/c13-12(14,15)9-3-1-8(2-4-9)5-11(10(16)17)6-18-7-11/h1-4H,5-7H2,(H,16,17). The van der Waals surface area contributed by atoms with Crippen LogP contribution in [0.2, 0.25) is 0 Å². The van der Waals surface area contributed by atoms with Crippen molar-refractivity contribution in [2.24, 2.45) is 5.41 Å². The Bertz CT molecular complexity index is 447. The van der Waals surface area contributed by atoms with E-state index < -0.39 is 23.1 Å². The highest BCUT2D eigenvalue weighted by Crippen LogP contribution is 2.34. The van der Waals surface area contributed by atoms with E-state index >= 15 is 0 Å². The van der Waals surface area contributed by atoms with Gasteiger partial charge in [-0.1, -0.05) is 12.1 Å². The van der Waals surface area contributed by atoms with Gasteiger partial charge in [0.15, 0.2) is 0 Å². The number of halogens is 3. The molecule has 0 atom stereocenters. The Morgan fingerprint density at radius 3 is 2.17 bits per heavy atom. The number of alkyl halides is 3. The third-order valence-corrected chi connectivity index (χ3v) is 3.03. The normalized spacial score (nSPS) is 18.2. The largest absolute Gasteiger partial charge is 0.481 e.